The highest BCUT2D eigenvalue weighted by molar-refractivity contribution is 5.64. The van der Waals surface area contributed by atoms with Gasteiger partial charge in [0.25, 0.3) is 0 Å². The third kappa shape index (κ3) is 4.07. The lowest BCUT2D eigenvalue weighted by Crippen LogP contribution is -2.79. The first-order chi connectivity index (χ1) is 15.4. The molecule has 33 heavy (non-hydrogen) atoms. The van der Waals surface area contributed by atoms with Crippen molar-refractivity contribution in [2.75, 3.05) is 32.0 Å². The molecule has 2 aromatic rings. The molecule has 3 heterocycles. The molecule has 0 atom stereocenters. The number of hydrogen-bond donors (Lipinski definition) is 1. The van der Waals surface area contributed by atoms with Gasteiger partial charge in [0.2, 0.25) is 0 Å². The largest absolute Gasteiger partial charge is 0.573 e. The van der Waals surface area contributed by atoms with Crippen molar-refractivity contribution in [3.63, 3.8) is 0 Å². The van der Waals surface area contributed by atoms with Gasteiger partial charge in [-0.1, -0.05) is 20.8 Å². The SMILES string of the molecule is CC(C)(C)Cc1nc(-c2cnc(N)c(OC(F)(F)F)c2)cn1C12CC(N3CCOCC3)(C1)C2. The van der Waals surface area contributed by atoms with Gasteiger partial charge in [0.15, 0.2) is 11.6 Å². The van der Waals surface area contributed by atoms with Crippen LogP contribution in [0.15, 0.2) is 18.5 Å². The third-order valence-electron chi connectivity index (χ3n) is 7.04. The maximum atomic E-state index is 12.8. The van der Waals surface area contributed by atoms with Crippen LogP contribution in [-0.2, 0) is 16.7 Å². The van der Waals surface area contributed by atoms with E-state index in [0.717, 1.165) is 57.8 Å². The highest BCUT2D eigenvalue weighted by Crippen LogP contribution is 2.68. The van der Waals surface area contributed by atoms with Crippen molar-refractivity contribution in [3.05, 3.63) is 24.3 Å². The van der Waals surface area contributed by atoms with Crippen molar-refractivity contribution in [1.82, 2.24) is 19.4 Å². The number of pyridine rings is 1. The molecule has 0 spiro atoms. The van der Waals surface area contributed by atoms with Crippen molar-refractivity contribution in [2.45, 2.75) is 63.9 Å². The van der Waals surface area contributed by atoms with Gasteiger partial charge in [0.1, 0.15) is 5.82 Å². The predicted octanol–water partition coefficient (Wildman–Crippen LogP) is 3.98. The van der Waals surface area contributed by atoms with Gasteiger partial charge in [0.05, 0.1) is 24.4 Å². The Bertz CT molecular complexity index is 1030. The number of ether oxygens (including phenoxy) is 2. The van der Waals surface area contributed by atoms with E-state index in [0.29, 0.717) is 11.3 Å². The van der Waals surface area contributed by atoms with E-state index in [-0.39, 0.29) is 22.3 Å². The molecule has 2 N–H and O–H groups in total. The summed E-state index contributed by atoms with van der Waals surface area (Å²) in [5, 5.41) is 0. The molecule has 6 rings (SSSR count). The predicted molar refractivity (Wildman–Crippen MR) is 117 cm³/mol. The summed E-state index contributed by atoms with van der Waals surface area (Å²) in [6.45, 7) is 9.98. The van der Waals surface area contributed by atoms with E-state index in [9.17, 15) is 13.2 Å². The minimum atomic E-state index is -4.84. The fraction of sp³-hybridized carbons (Fsp3) is 0.652. The second kappa shape index (κ2) is 7.33. The molecular weight excluding hydrogens is 435 g/mol. The number of nitrogens with two attached hydrogens (primary N) is 1. The number of rotatable bonds is 5. The number of hydrogen-bond acceptors (Lipinski definition) is 6. The molecule has 4 fully saturated rings. The molecule has 180 valence electrons. The van der Waals surface area contributed by atoms with E-state index >= 15 is 0 Å². The van der Waals surface area contributed by atoms with E-state index in [4.69, 9.17) is 15.5 Å². The van der Waals surface area contributed by atoms with Gasteiger partial charge in [-0.3, -0.25) is 4.90 Å². The maximum Gasteiger partial charge on any atom is 0.573 e. The quantitative estimate of drug-likeness (QED) is 0.720. The minimum Gasteiger partial charge on any atom is -0.402 e. The summed E-state index contributed by atoms with van der Waals surface area (Å²) in [5.74, 6) is 0.129. The summed E-state index contributed by atoms with van der Waals surface area (Å²) in [4.78, 5) is 11.3. The Labute approximate surface area is 191 Å². The smallest absolute Gasteiger partial charge is 0.402 e. The Morgan fingerprint density at radius 1 is 1.12 bits per heavy atom. The normalized spacial score (nSPS) is 27.7. The average molecular weight is 466 g/mol. The van der Waals surface area contributed by atoms with Crippen LogP contribution in [0.3, 0.4) is 0 Å². The van der Waals surface area contributed by atoms with E-state index in [2.05, 4.69) is 40.0 Å². The highest BCUT2D eigenvalue weighted by Gasteiger charge is 2.71. The third-order valence-corrected chi connectivity index (χ3v) is 7.04. The summed E-state index contributed by atoms with van der Waals surface area (Å²) in [6.07, 6.45) is 2.52. The van der Waals surface area contributed by atoms with E-state index in [1.54, 1.807) is 0 Å². The molecule has 0 aromatic carbocycles. The molecule has 3 aliphatic carbocycles. The standard InChI is InChI=1S/C23H30F3N5O2/c1-20(2,3)9-18-29-16(15-8-17(19(27)28-10-15)33-23(24,25)26)11-31(18)22-12-21(13-22,14-22)30-4-6-32-7-5-30/h8,10-11H,4-7,9,12-14H2,1-3H3,(H2,27,28). The fourth-order valence-electron chi connectivity index (χ4n) is 5.68. The van der Waals surface area contributed by atoms with Crippen LogP contribution in [0.25, 0.3) is 11.3 Å². The molecule has 10 heteroatoms. The van der Waals surface area contributed by atoms with Crippen molar-refractivity contribution >= 4 is 5.82 Å². The highest BCUT2D eigenvalue weighted by atomic mass is 19.4. The van der Waals surface area contributed by atoms with Gasteiger partial charge in [-0.15, -0.1) is 13.2 Å². The average Bonchev–Trinajstić information content (AvgIpc) is 3.03. The topological polar surface area (TPSA) is 78.4 Å². The summed E-state index contributed by atoms with van der Waals surface area (Å²) < 4.78 is 50.2. The molecule has 0 radical (unpaired) electrons. The molecular formula is C23H30F3N5O2. The molecule has 2 aromatic heterocycles. The number of morpholine rings is 1. The first-order valence-corrected chi connectivity index (χ1v) is 11.3. The molecule has 4 aliphatic rings. The monoisotopic (exact) mass is 465 g/mol. The number of aromatic nitrogens is 3. The lowest BCUT2D eigenvalue weighted by Gasteiger charge is -2.74. The zero-order valence-corrected chi connectivity index (χ0v) is 19.2. The number of imidazole rings is 1. The van der Waals surface area contributed by atoms with Gasteiger partial charge >= 0.3 is 6.36 Å². The van der Waals surface area contributed by atoms with Crippen molar-refractivity contribution in [2.24, 2.45) is 5.41 Å². The summed E-state index contributed by atoms with van der Waals surface area (Å²) in [6, 6.07) is 1.26. The van der Waals surface area contributed by atoms with Gasteiger partial charge in [0, 0.05) is 43.0 Å². The summed E-state index contributed by atoms with van der Waals surface area (Å²) in [5.41, 5.74) is 6.93. The lowest BCUT2D eigenvalue weighted by molar-refractivity contribution is -0.274. The molecule has 2 bridgehead atoms. The fourth-order valence-corrected chi connectivity index (χ4v) is 5.68. The van der Waals surface area contributed by atoms with Crippen molar-refractivity contribution < 1.29 is 22.6 Å². The van der Waals surface area contributed by atoms with Crippen molar-refractivity contribution in [3.8, 4) is 17.0 Å². The van der Waals surface area contributed by atoms with Crippen LogP contribution >= 0.6 is 0 Å². The Kier molecular flexibility index (Phi) is 4.99. The van der Waals surface area contributed by atoms with E-state index in [1.165, 1.54) is 12.3 Å². The number of nitrogen functional groups attached to an aromatic ring is 1. The van der Waals surface area contributed by atoms with Gasteiger partial charge < -0.3 is 19.8 Å². The van der Waals surface area contributed by atoms with Crippen LogP contribution in [0.4, 0.5) is 19.0 Å². The zero-order valence-electron chi connectivity index (χ0n) is 19.2. The van der Waals surface area contributed by atoms with Crippen LogP contribution < -0.4 is 10.5 Å². The molecule has 7 nitrogen and oxygen atoms in total. The van der Waals surface area contributed by atoms with Gasteiger partial charge in [-0.25, -0.2) is 9.97 Å². The second-order valence-electron chi connectivity index (χ2n) is 10.9. The molecule has 0 unspecified atom stereocenters. The first-order valence-electron chi connectivity index (χ1n) is 11.3. The van der Waals surface area contributed by atoms with Gasteiger partial charge in [-0.05, 0) is 30.7 Å². The first kappa shape index (κ1) is 22.5. The molecule has 1 aliphatic heterocycles. The Morgan fingerprint density at radius 3 is 2.39 bits per heavy atom. The second-order valence-corrected chi connectivity index (χ2v) is 10.9. The summed E-state index contributed by atoms with van der Waals surface area (Å²) in [7, 11) is 0. The zero-order chi connectivity index (χ0) is 23.6. The molecule has 1 saturated heterocycles. The van der Waals surface area contributed by atoms with Crippen molar-refractivity contribution in [1.29, 1.82) is 0 Å². The molecule has 0 amide bonds. The van der Waals surface area contributed by atoms with Crippen LogP contribution in [0, 0.1) is 5.41 Å². The molecule has 3 saturated carbocycles. The summed E-state index contributed by atoms with van der Waals surface area (Å²) >= 11 is 0. The van der Waals surface area contributed by atoms with Crippen LogP contribution in [0.5, 0.6) is 5.75 Å². The Balaban J connectivity index is 1.45. The number of alkyl halides is 3. The number of halogens is 3. The number of anilines is 1. The Hall–Kier alpha value is -2.33. The van der Waals surface area contributed by atoms with Gasteiger partial charge in [-0.2, -0.15) is 0 Å². The van der Waals surface area contributed by atoms with Crippen LogP contribution in [-0.4, -0.2) is 57.6 Å². The number of nitrogens with zero attached hydrogens (tertiary/aromatic N) is 4. The van der Waals surface area contributed by atoms with Crippen LogP contribution in [0.1, 0.15) is 45.9 Å². The van der Waals surface area contributed by atoms with E-state index < -0.39 is 12.1 Å². The Morgan fingerprint density at radius 2 is 1.79 bits per heavy atom. The minimum absolute atomic E-state index is 0.00965. The van der Waals surface area contributed by atoms with E-state index in [1.807, 2.05) is 6.20 Å². The van der Waals surface area contributed by atoms with Crippen LogP contribution in [0.2, 0.25) is 0 Å². The lowest BCUT2D eigenvalue weighted by atomic mass is 9.43. The maximum absolute atomic E-state index is 12.8.